The van der Waals surface area contributed by atoms with Crippen LogP contribution in [-0.2, 0) is 31.4 Å². The fourth-order valence-corrected chi connectivity index (χ4v) is 4.55. The summed E-state index contributed by atoms with van der Waals surface area (Å²) in [5.74, 6) is 1.52. The minimum absolute atomic E-state index is 0.237. The van der Waals surface area contributed by atoms with E-state index in [2.05, 4.69) is 28.3 Å². The molecule has 0 radical (unpaired) electrons. The van der Waals surface area contributed by atoms with Crippen molar-refractivity contribution in [3.05, 3.63) is 23.1 Å². The van der Waals surface area contributed by atoms with Crippen LogP contribution >= 0.6 is 0 Å². The highest BCUT2D eigenvalue weighted by atomic mass is 16.2. The molecular formula is C20H29N5O. The Bertz CT molecular complexity index is 813. The van der Waals surface area contributed by atoms with Crippen LogP contribution < -0.4 is 0 Å². The number of rotatable bonds is 4. The van der Waals surface area contributed by atoms with Crippen LogP contribution in [0.4, 0.5) is 0 Å². The van der Waals surface area contributed by atoms with E-state index in [0.717, 1.165) is 56.0 Å². The number of carbonyl (C=O) groups excluding carboxylic acids is 1. The van der Waals surface area contributed by atoms with Crippen molar-refractivity contribution in [3.8, 4) is 11.5 Å². The van der Waals surface area contributed by atoms with Crippen LogP contribution in [0.3, 0.4) is 0 Å². The van der Waals surface area contributed by atoms with Gasteiger partial charge in [-0.2, -0.15) is 5.10 Å². The predicted octanol–water partition coefficient (Wildman–Crippen LogP) is 3.08. The van der Waals surface area contributed by atoms with Crippen molar-refractivity contribution in [1.82, 2.24) is 24.2 Å². The molecule has 0 atom stereocenters. The van der Waals surface area contributed by atoms with Crippen LogP contribution in [0.2, 0.25) is 0 Å². The third kappa shape index (κ3) is 2.85. The molecule has 1 fully saturated rings. The van der Waals surface area contributed by atoms with Crippen LogP contribution in [0.5, 0.6) is 0 Å². The zero-order valence-electron chi connectivity index (χ0n) is 16.2. The molecule has 2 aromatic heterocycles. The van der Waals surface area contributed by atoms with E-state index >= 15 is 0 Å². The summed E-state index contributed by atoms with van der Waals surface area (Å²) in [6, 6.07) is 0. The topological polar surface area (TPSA) is 56.0 Å². The van der Waals surface area contributed by atoms with Gasteiger partial charge in [-0.3, -0.25) is 9.48 Å². The predicted molar refractivity (Wildman–Crippen MR) is 101 cm³/mol. The van der Waals surface area contributed by atoms with Gasteiger partial charge in [-0.25, -0.2) is 4.98 Å². The Morgan fingerprint density at radius 2 is 2.08 bits per heavy atom. The molecule has 2 aliphatic rings. The number of hydrogen-bond acceptors (Lipinski definition) is 3. The highest BCUT2D eigenvalue weighted by Gasteiger charge is 2.32. The number of carbonyl (C=O) groups is 1. The standard InChI is InChI=1S/C20H29N5O/c1-4-10-25-14(2)12-21-19(25)18-16-13-24(11-9-17(16)23(3)22-18)20(26)15-7-5-6-8-15/h12,15H,4-11,13H2,1-3H3. The fraction of sp³-hybridized carbons (Fsp3) is 0.650. The molecule has 6 nitrogen and oxygen atoms in total. The van der Waals surface area contributed by atoms with E-state index in [0.29, 0.717) is 12.5 Å². The lowest BCUT2D eigenvalue weighted by atomic mass is 10.0. The third-order valence-electron chi connectivity index (χ3n) is 5.97. The van der Waals surface area contributed by atoms with Crippen molar-refractivity contribution in [1.29, 1.82) is 0 Å². The van der Waals surface area contributed by atoms with E-state index < -0.39 is 0 Å². The summed E-state index contributed by atoms with van der Waals surface area (Å²) in [5.41, 5.74) is 4.55. The van der Waals surface area contributed by atoms with Gasteiger partial charge in [-0.15, -0.1) is 0 Å². The first-order chi connectivity index (χ1) is 12.6. The van der Waals surface area contributed by atoms with Crippen LogP contribution in [0.25, 0.3) is 11.5 Å². The van der Waals surface area contributed by atoms with Crippen LogP contribution in [0, 0.1) is 12.8 Å². The molecule has 1 aliphatic heterocycles. The molecule has 3 heterocycles. The van der Waals surface area contributed by atoms with Crippen LogP contribution in [0.15, 0.2) is 6.20 Å². The second-order valence-electron chi connectivity index (χ2n) is 7.76. The van der Waals surface area contributed by atoms with Crippen molar-refractivity contribution in [2.45, 2.75) is 65.5 Å². The molecular weight excluding hydrogens is 326 g/mol. The van der Waals surface area contributed by atoms with Crippen molar-refractivity contribution in [3.63, 3.8) is 0 Å². The molecule has 1 aliphatic carbocycles. The second-order valence-corrected chi connectivity index (χ2v) is 7.76. The van der Waals surface area contributed by atoms with E-state index in [4.69, 9.17) is 5.10 Å². The van der Waals surface area contributed by atoms with Gasteiger partial charge >= 0.3 is 0 Å². The Balaban J connectivity index is 1.67. The minimum Gasteiger partial charge on any atom is -0.338 e. The van der Waals surface area contributed by atoms with Crippen molar-refractivity contribution >= 4 is 5.91 Å². The molecule has 6 heteroatoms. The summed E-state index contributed by atoms with van der Waals surface area (Å²) in [6.07, 6.45) is 8.37. The van der Waals surface area contributed by atoms with Gasteiger partial charge < -0.3 is 9.47 Å². The summed E-state index contributed by atoms with van der Waals surface area (Å²) in [7, 11) is 2.01. The first-order valence-corrected chi connectivity index (χ1v) is 9.96. The molecule has 0 saturated heterocycles. The molecule has 0 aromatic carbocycles. The highest BCUT2D eigenvalue weighted by Crippen LogP contribution is 2.32. The number of nitrogens with zero attached hydrogens (tertiary/aromatic N) is 5. The molecule has 2 aromatic rings. The zero-order chi connectivity index (χ0) is 18.3. The number of amides is 1. The highest BCUT2D eigenvalue weighted by molar-refractivity contribution is 5.79. The first-order valence-electron chi connectivity index (χ1n) is 9.96. The Kier molecular flexibility index (Phi) is 4.59. The average Bonchev–Trinajstić information content (AvgIpc) is 3.36. The van der Waals surface area contributed by atoms with Crippen LogP contribution in [-0.4, -0.2) is 36.7 Å². The van der Waals surface area contributed by atoms with Gasteiger partial charge in [0.1, 0.15) is 5.69 Å². The number of hydrogen-bond donors (Lipinski definition) is 0. The van der Waals surface area contributed by atoms with Gasteiger partial charge in [-0.1, -0.05) is 19.8 Å². The Morgan fingerprint density at radius 3 is 2.81 bits per heavy atom. The first kappa shape index (κ1) is 17.3. The lowest BCUT2D eigenvalue weighted by Gasteiger charge is -2.30. The SMILES string of the molecule is CCCn1c(C)cnc1-c1nn(C)c2c1CN(C(=O)C1CCCC1)CC2. The average molecular weight is 355 g/mol. The monoisotopic (exact) mass is 355 g/mol. The van der Waals surface area contributed by atoms with Crippen molar-refractivity contribution in [2.75, 3.05) is 6.54 Å². The molecule has 1 amide bonds. The van der Waals surface area contributed by atoms with Crippen molar-refractivity contribution in [2.24, 2.45) is 13.0 Å². The number of aryl methyl sites for hydroxylation is 2. The Hall–Kier alpha value is -2.11. The van der Waals surface area contributed by atoms with E-state index in [9.17, 15) is 4.79 Å². The zero-order valence-corrected chi connectivity index (χ0v) is 16.2. The summed E-state index contributed by atoms with van der Waals surface area (Å²) in [5, 5.41) is 4.81. The van der Waals surface area contributed by atoms with E-state index in [1.54, 1.807) is 0 Å². The fourth-order valence-electron chi connectivity index (χ4n) is 4.55. The number of imidazole rings is 1. The van der Waals surface area contributed by atoms with Gasteiger partial charge in [0.2, 0.25) is 5.91 Å². The maximum atomic E-state index is 12.9. The molecule has 4 rings (SSSR count). The van der Waals surface area contributed by atoms with Gasteiger partial charge in [0.25, 0.3) is 0 Å². The summed E-state index contributed by atoms with van der Waals surface area (Å²) < 4.78 is 4.24. The largest absolute Gasteiger partial charge is 0.338 e. The van der Waals surface area contributed by atoms with E-state index in [-0.39, 0.29) is 5.92 Å². The molecule has 140 valence electrons. The second kappa shape index (κ2) is 6.89. The van der Waals surface area contributed by atoms with Crippen molar-refractivity contribution < 1.29 is 4.79 Å². The maximum absolute atomic E-state index is 12.9. The molecule has 0 spiro atoms. The van der Waals surface area contributed by atoms with E-state index in [1.165, 1.54) is 24.1 Å². The smallest absolute Gasteiger partial charge is 0.225 e. The summed E-state index contributed by atoms with van der Waals surface area (Å²) in [4.78, 5) is 19.6. The Labute approximate surface area is 155 Å². The molecule has 0 unspecified atom stereocenters. The van der Waals surface area contributed by atoms with Gasteiger partial charge in [0, 0.05) is 62.2 Å². The normalized spacial score (nSPS) is 17.7. The number of aromatic nitrogens is 4. The lowest BCUT2D eigenvalue weighted by molar-refractivity contribution is -0.136. The minimum atomic E-state index is 0.237. The molecule has 0 N–H and O–H groups in total. The molecule has 0 bridgehead atoms. The third-order valence-corrected chi connectivity index (χ3v) is 5.97. The van der Waals surface area contributed by atoms with Gasteiger partial charge in [0.15, 0.2) is 5.82 Å². The molecule has 26 heavy (non-hydrogen) atoms. The summed E-state index contributed by atoms with van der Waals surface area (Å²) >= 11 is 0. The summed E-state index contributed by atoms with van der Waals surface area (Å²) in [6.45, 7) is 6.70. The lowest BCUT2D eigenvalue weighted by Crippen LogP contribution is -2.39. The van der Waals surface area contributed by atoms with E-state index in [1.807, 2.05) is 17.9 Å². The Morgan fingerprint density at radius 1 is 1.31 bits per heavy atom. The van der Waals surface area contributed by atoms with Gasteiger partial charge in [0.05, 0.1) is 0 Å². The number of fused-ring (bicyclic) bond motifs is 1. The van der Waals surface area contributed by atoms with Crippen LogP contribution in [0.1, 0.15) is 56.0 Å². The quantitative estimate of drug-likeness (QED) is 0.847. The molecule has 1 saturated carbocycles. The maximum Gasteiger partial charge on any atom is 0.225 e. The van der Waals surface area contributed by atoms with Gasteiger partial charge in [-0.05, 0) is 26.2 Å².